The third kappa shape index (κ3) is 3.24. The molecule has 0 bridgehead atoms. The van der Waals surface area contributed by atoms with Crippen molar-refractivity contribution >= 4 is 5.91 Å². The van der Waals surface area contributed by atoms with Gasteiger partial charge < -0.3 is 18.8 Å². The Balaban J connectivity index is 1.40. The molecular weight excluding hydrogens is 306 g/mol. The second-order valence-electron chi connectivity index (χ2n) is 7.75. The number of carbonyl (C=O) groups is 1. The lowest BCUT2D eigenvalue weighted by molar-refractivity contribution is -0.0465. The number of amides is 1. The van der Waals surface area contributed by atoms with Gasteiger partial charge in [0.2, 0.25) is 0 Å². The lowest BCUT2D eigenvalue weighted by Gasteiger charge is -2.39. The summed E-state index contributed by atoms with van der Waals surface area (Å²) in [6, 6.07) is 1.84. The van der Waals surface area contributed by atoms with Gasteiger partial charge in [-0.3, -0.25) is 4.79 Å². The van der Waals surface area contributed by atoms with Crippen LogP contribution in [-0.2, 0) is 9.47 Å². The molecule has 1 aromatic rings. The summed E-state index contributed by atoms with van der Waals surface area (Å²) in [4.78, 5) is 14.8. The third-order valence-electron chi connectivity index (χ3n) is 5.54. The van der Waals surface area contributed by atoms with E-state index in [1.54, 1.807) is 0 Å². The molecular formula is C19H27NO4. The summed E-state index contributed by atoms with van der Waals surface area (Å²) in [5.41, 5.74) is 0.471. The number of aryl methyl sites for hydroxylation is 2. The summed E-state index contributed by atoms with van der Waals surface area (Å²) in [6.07, 6.45) is 5.72. The van der Waals surface area contributed by atoms with Crippen LogP contribution in [0.25, 0.3) is 0 Å². The lowest BCUT2D eigenvalue weighted by Crippen LogP contribution is -2.50. The van der Waals surface area contributed by atoms with Crippen molar-refractivity contribution in [1.82, 2.24) is 4.90 Å². The predicted octanol–water partition coefficient (Wildman–Crippen LogP) is 3.09. The molecule has 1 aliphatic carbocycles. The van der Waals surface area contributed by atoms with E-state index in [2.05, 4.69) is 0 Å². The normalized spacial score (nSPS) is 30.2. The van der Waals surface area contributed by atoms with Crippen molar-refractivity contribution in [3.05, 3.63) is 23.2 Å². The Labute approximate surface area is 143 Å². The average Bonchev–Trinajstić information content (AvgIpc) is 3.23. The fourth-order valence-corrected chi connectivity index (χ4v) is 4.04. The molecule has 1 aromatic heterocycles. The molecule has 0 radical (unpaired) electrons. The first kappa shape index (κ1) is 16.2. The number of hydrogen-bond acceptors (Lipinski definition) is 4. The van der Waals surface area contributed by atoms with Gasteiger partial charge in [0.25, 0.3) is 5.91 Å². The Morgan fingerprint density at radius 1 is 1.42 bits per heavy atom. The molecule has 4 rings (SSSR count). The number of ether oxygens (including phenoxy) is 2. The Morgan fingerprint density at radius 3 is 2.96 bits per heavy atom. The van der Waals surface area contributed by atoms with Crippen molar-refractivity contribution in [2.75, 3.05) is 26.3 Å². The van der Waals surface area contributed by atoms with Gasteiger partial charge in [0.15, 0.2) is 0 Å². The van der Waals surface area contributed by atoms with Gasteiger partial charge in [0, 0.05) is 19.6 Å². The Bertz CT molecular complexity index is 621. The highest BCUT2D eigenvalue weighted by atomic mass is 16.6. The van der Waals surface area contributed by atoms with Crippen molar-refractivity contribution < 1.29 is 18.7 Å². The monoisotopic (exact) mass is 333 g/mol. The molecule has 2 atom stereocenters. The van der Waals surface area contributed by atoms with Crippen molar-refractivity contribution in [3.63, 3.8) is 0 Å². The third-order valence-corrected chi connectivity index (χ3v) is 5.54. The number of hydrogen-bond donors (Lipinski definition) is 0. The van der Waals surface area contributed by atoms with Gasteiger partial charge in [-0.1, -0.05) is 0 Å². The van der Waals surface area contributed by atoms with Gasteiger partial charge >= 0.3 is 0 Å². The molecule has 3 aliphatic rings. The lowest BCUT2D eigenvalue weighted by atomic mass is 9.89. The maximum atomic E-state index is 12.9. The summed E-state index contributed by atoms with van der Waals surface area (Å²) >= 11 is 0. The molecule has 2 aliphatic heterocycles. The summed E-state index contributed by atoms with van der Waals surface area (Å²) in [5.74, 6) is 2.33. The zero-order valence-electron chi connectivity index (χ0n) is 14.7. The Morgan fingerprint density at radius 2 is 2.25 bits per heavy atom. The van der Waals surface area contributed by atoms with E-state index in [0.29, 0.717) is 24.5 Å². The fraction of sp³-hybridized carbons (Fsp3) is 0.737. The second kappa shape index (κ2) is 6.19. The van der Waals surface area contributed by atoms with Crippen molar-refractivity contribution in [2.45, 2.75) is 57.7 Å². The summed E-state index contributed by atoms with van der Waals surface area (Å²) in [5, 5.41) is 0. The summed E-state index contributed by atoms with van der Waals surface area (Å²) in [7, 11) is 0. The number of likely N-dealkylation sites (tertiary alicyclic amines) is 1. The highest BCUT2D eigenvalue weighted by Gasteiger charge is 2.45. The quantitative estimate of drug-likeness (QED) is 0.850. The SMILES string of the molecule is Cc1cc(C(=O)N2CCC[C@]3(C[C@H](OCC4CC4)CO3)C2)c(C)o1. The van der Waals surface area contributed by atoms with Crippen LogP contribution in [0.15, 0.2) is 10.5 Å². The van der Waals surface area contributed by atoms with Crippen molar-refractivity contribution in [3.8, 4) is 0 Å². The van der Waals surface area contributed by atoms with Gasteiger partial charge in [0.05, 0.1) is 30.4 Å². The molecule has 1 saturated carbocycles. The molecule has 0 unspecified atom stereocenters. The van der Waals surface area contributed by atoms with Crippen LogP contribution in [0.4, 0.5) is 0 Å². The molecule has 0 N–H and O–H groups in total. The molecule has 5 heteroatoms. The summed E-state index contributed by atoms with van der Waals surface area (Å²) in [6.45, 7) is 6.73. The molecule has 3 fully saturated rings. The maximum absolute atomic E-state index is 12.9. The van der Waals surface area contributed by atoms with Crippen LogP contribution >= 0.6 is 0 Å². The van der Waals surface area contributed by atoms with E-state index in [4.69, 9.17) is 13.9 Å². The maximum Gasteiger partial charge on any atom is 0.257 e. The number of nitrogens with zero attached hydrogens (tertiary/aromatic N) is 1. The minimum Gasteiger partial charge on any atom is -0.466 e. The number of carbonyl (C=O) groups excluding carboxylic acids is 1. The first-order valence-electron chi connectivity index (χ1n) is 9.16. The fourth-order valence-electron chi connectivity index (χ4n) is 4.04. The second-order valence-corrected chi connectivity index (χ2v) is 7.75. The molecule has 24 heavy (non-hydrogen) atoms. The van der Waals surface area contributed by atoms with Crippen LogP contribution in [-0.4, -0.2) is 48.8 Å². The number of rotatable bonds is 4. The van der Waals surface area contributed by atoms with Crippen LogP contribution in [0.5, 0.6) is 0 Å². The average molecular weight is 333 g/mol. The molecule has 1 spiro atoms. The number of piperidine rings is 1. The minimum atomic E-state index is -0.213. The zero-order chi connectivity index (χ0) is 16.7. The largest absolute Gasteiger partial charge is 0.466 e. The van der Waals surface area contributed by atoms with Crippen LogP contribution < -0.4 is 0 Å². The topological polar surface area (TPSA) is 51.9 Å². The zero-order valence-corrected chi connectivity index (χ0v) is 14.7. The van der Waals surface area contributed by atoms with Crippen LogP contribution in [0.1, 0.15) is 54.0 Å². The van der Waals surface area contributed by atoms with E-state index >= 15 is 0 Å². The van der Waals surface area contributed by atoms with Gasteiger partial charge in [-0.15, -0.1) is 0 Å². The highest BCUT2D eigenvalue weighted by molar-refractivity contribution is 5.95. The van der Waals surface area contributed by atoms with E-state index in [9.17, 15) is 4.79 Å². The van der Waals surface area contributed by atoms with Gasteiger partial charge in [-0.2, -0.15) is 0 Å². The standard InChI is InChI=1S/C19H27NO4/c1-13-8-17(14(2)24-13)18(21)20-7-3-6-19(12-20)9-16(11-23-19)22-10-15-4-5-15/h8,15-16H,3-7,9-12H2,1-2H3/t16-,19-/m0/s1. The Hall–Kier alpha value is -1.33. The van der Waals surface area contributed by atoms with Crippen molar-refractivity contribution in [2.24, 2.45) is 5.92 Å². The van der Waals surface area contributed by atoms with Crippen LogP contribution in [0.3, 0.4) is 0 Å². The molecule has 0 aromatic carbocycles. The van der Waals surface area contributed by atoms with Gasteiger partial charge in [0.1, 0.15) is 11.5 Å². The van der Waals surface area contributed by atoms with E-state index in [-0.39, 0.29) is 17.6 Å². The van der Waals surface area contributed by atoms with Gasteiger partial charge in [-0.05, 0) is 51.5 Å². The van der Waals surface area contributed by atoms with E-state index in [1.807, 2.05) is 24.8 Å². The first-order valence-corrected chi connectivity index (χ1v) is 9.16. The molecule has 5 nitrogen and oxygen atoms in total. The van der Waals surface area contributed by atoms with Crippen LogP contribution in [0, 0.1) is 19.8 Å². The molecule has 1 amide bonds. The highest BCUT2D eigenvalue weighted by Crippen LogP contribution is 2.37. The van der Waals surface area contributed by atoms with Gasteiger partial charge in [-0.25, -0.2) is 0 Å². The van der Waals surface area contributed by atoms with E-state index in [0.717, 1.165) is 44.1 Å². The minimum absolute atomic E-state index is 0.0642. The predicted molar refractivity (Wildman–Crippen MR) is 89.1 cm³/mol. The Kier molecular flexibility index (Phi) is 4.17. The van der Waals surface area contributed by atoms with Crippen molar-refractivity contribution in [1.29, 1.82) is 0 Å². The molecule has 3 heterocycles. The smallest absolute Gasteiger partial charge is 0.257 e. The first-order chi connectivity index (χ1) is 11.5. The summed E-state index contributed by atoms with van der Waals surface area (Å²) < 4.78 is 17.7. The molecule has 132 valence electrons. The molecule has 2 saturated heterocycles. The number of furan rings is 1. The van der Waals surface area contributed by atoms with E-state index < -0.39 is 0 Å². The van der Waals surface area contributed by atoms with E-state index in [1.165, 1.54) is 12.8 Å². The van der Waals surface area contributed by atoms with Crippen LogP contribution in [0.2, 0.25) is 0 Å².